The van der Waals surface area contributed by atoms with E-state index in [1.54, 1.807) is 0 Å². The maximum absolute atomic E-state index is 12.5. The van der Waals surface area contributed by atoms with Crippen molar-refractivity contribution in [1.29, 1.82) is 0 Å². The fourth-order valence-corrected chi connectivity index (χ4v) is 4.70. The number of carboxylic acid groups (broad SMARTS) is 1. The standard InChI is InChI=1S/C16H13NO4S2/c1-10-13-4-2-3-5-14(13)22-15(10)17-23(20,21)12-8-6-11(7-9-12)16(18)19/h2-9,17H,1H3,(H,18,19). The predicted octanol–water partition coefficient (Wildman–Crippen LogP) is 3.71. The van der Waals surface area contributed by atoms with Crippen molar-refractivity contribution in [3.8, 4) is 0 Å². The van der Waals surface area contributed by atoms with Crippen LogP contribution < -0.4 is 4.72 Å². The van der Waals surface area contributed by atoms with Gasteiger partial charge in [0.05, 0.1) is 10.5 Å². The maximum atomic E-state index is 12.5. The molecule has 1 heterocycles. The van der Waals surface area contributed by atoms with Gasteiger partial charge in [-0.3, -0.25) is 4.72 Å². The van der Waals surface area contributed by atoms with E-state index in [1.807, 2.05) is 31.2 Å². The van der Waals surface area contributed by atoms with E-state index < -0.39 is 16.0 Å². The molecule has 5 nitrogen and oxygen atoms in total. The number of rotatable bonds is 4. The Morgan fingerprint density at radius 2 is 1.74 bits per heavy atom. The predicted molar refractivity (Wildman–Crippen MR) is 90.8 cm³/mol. The van der Waals surface area contributed by atoms with Gasteiger partial charge in [-0.1, -0.05) is 18.2 Å². The number of benzene rings is 2. The number of thiophene rings is 1. The van der Waals surface area contributed by atoms with Gasteiger partial charge < -0.3 is 5.11 Å². The van der Waals surface area contributed by atoms with Crippen LogP contribution in [0.2, 0.25) is 0 Å². The van der Waals surface area contributed by atoms with Crippen molar-refractivity contribution in [1.82, 2.24) is 0 Å². The first-order chi connectivity index (χ1) is 10.9. The second-order valence-electron chi connectivity index (χ2n) is 4.99. The van der Waals surface area contributed by atoms with Crippen molar-refractivity contribution in [2.75, 3.05) is 4.72 Å². The molecule has 0 aliphatic rings. The van der Waals surface area contributed by atoms with Crippen LogP contribution in [-0.2, 0) is 10.0 Å². The highest BCUT2D eigenvalue weighted by atomic mass is 32.2. The zero-order valence-corrected chi connectivity index (χ0v) is 13.7. The van der Waals surface area contributed by atoms with Crippen LogP contribution in [0.5, 0.6) is 0 Å². The van der Waals surface area contributed by atoms with Gasteiger partial charge in [0, 0.05) is 4.70 Å². The average Bonchev–Trinajstić information content (AvgIpc) is 2.83. The van der Waals surface area contributed by atoms with Gasteiger partial charge >= 0.3 is 5.97 Å². The molecule has 0 fully saturated rings. The Hall–Kier alpha value is -2.38. The minimum absolute atomic E-state index is 0.0272. The van der Waals surface area contributed by atoms with Gasteiger partial charge in [-0.25, -0.2) is 13.2 Å². The molecule has 1 aromatic heterocycles. The second kappa shape index (κ2) is 5.68. The van der Waals surface area contributed by atoms with Crippen molar-refractivity contribution in [3.63, 3.8) is 0 Å². The quantitative estimate of drug-likeness (QED) is 0.753. The smallest absolute Gasteiger partial charge is 0.335 e. The lowest BCUT2D eigenvalue weighted by molar-refractivity contribution is 0.0696. The zero-order valence-electron chi connectivity index (χ0n) is 12.1. The summed E-state index contributed by atoms with van der Waals surface area (Å²) in [7, 11) is -3.76. The molecule has 0 aliphatic heterocycles. The van der Waals surface area contributed by atoms with Gasteiger partial charge in [-0.2, -0.15) is 0 Å². The summed E-state index contributed by atoms with van der Waals surface area (Å²) in [5.74, 6) is -1.10. The molecular formula is C16H13NO4S2. The van der Waals surface area contributed by atoms with E-state index in [-0.39, 0.29) is 10.5 Å². The second-order valence-corrected chi connectivity index (χ2v) is 7.72. The molecule has 118 valence electrons. The Morgan fingerprint density at radius 3 is 2.35 bits per heavy atom. The van der Waals surface area contributed by atoms with Crippen molar-refractivity contribution in [2.24, 2.45) is 0 Å². The molecule has 7 heteroatoms. The Labute approximate surface area is 137 Å². The molecule has 0 radical (unpaired) electrons. The number of carbonyl (C=O) groups is 1. The van der Waals surface area contributed by atoms with Crippen molar-refractivity contribution < 1.29 is 18.3 Å². The average molecular weight is 347 g/mol. The van der Waals surface area contributed by atoms with Gasteiger partial charge in [0.2, 0.25) is 0 Å². The number of hydrogen-bond donors (Lipinski definition) is 2. The Kier molecular flexibility index (Phi) is 3.83. The minimum atomic E-state index is -3.76. The third kappa shape index (κ3) is 2.93. The van der Waals surface area contributed by atoms with E-state index >= 15 is 0 Å². The van der Waals surface area contributed by atoms with Gasteiger partial charge in [0.15, 0.2) is 0 Å². The van der Waals surface area contributed by atoms with E-state index in [0.29, 0.717) is 5.00 Å². The SMILES string of the molecule is Cc1c(NS(=O)(=O)c2ccc(C(=O)O)cc2)sc2ccccc12. The zero-order chi connectivity index (χ0) is 16.6. The van der Waals surface area contributed by atoms with E-state index in [2.05, 4.69) is 4.72 Å². The number of hydrogen-bond acceptors (Lipinski definition) is 4. The first-order valence-corrected chi connectivity index (χ1v) is 9.03. The van der Waals surface area contributed by atoms with Crippen LogP contribution >= 0.6 is 11.3 Å². The lowest BCUT2D eigenvalue weighted by atomic mass is 10.2. The topological polar surface area (TPSA) is 83.5 Å². The largest absolute Gasteiger partial charge is 0.478 e. The number of nitrogens with one attached hydrogen (secondary N) is 1. The normalized spacial score (nSPS) is 11.5. The van der Waals surface area contributed by atoms with Gasteiger partial charge in [0.1, 0.15) is 5.00 Å². The summed E-state index contributed by atoms with van der Waals surface area (Å²) in [4.78, 5) is 10.9. The first kappa shape index (κ1) is 15.5. The summed E-state index contributed by atoms with van der Waals surface area (Å²) >= 11 is 1.37. The van der Waals surface area contributed by atoms with Gasteiger partial charge in [-0.05, 0) is 48.2 Å². The van der Waals surface area contributed by atoms with Crippen LogP contribution in [0, 0.1) is 6.92 Å². The molecule has 3 rings (SSSR count). The molecule has 0 atom stereocenters. The van der Waals surface area contributed by atoms with Crippen LogP contribution in [0.15, 0.2) is 53.4 Å². The third-order valence-electron chi connectivity index (χ3n) is 3.48. The Balaban J connectivity index is 1.96. The van der Waals surface area contributed by atoms with Crippen LogP contribution in [-0.4, -0.2) is 19.5 Å². The molecule has 0 unspecified atom stereocenters. The van der Waals surface area contributed by atoms with Gasteiger partial charge in [0.25, 0.3) is 10.0 Å². The highest BCUT2D eigenvalue weighted by Gasteiger charge is 2.18. The van der Waals surface area contributed by atoms with Crippen LogP contribution in [0.3, 0.4) is 0 Å². The molecular weight excluding hydrogens is 334 g/mol. The first-order valence-electron chi connectivity index (χ1n) is 6.73. The lowest BCUT2D eigenvalue weighted by Crippen LogP contribution is -2.13. The number of carboxylic acids is 1. The fraction of sp³-hybridized carbons (Fsp3) is 0.0625. The van der Waals surface area contributed by atoms with Crippen molar-refractivity contribution in [3.05, 3.63) is 59.7 Å². The number of aromatic carboxylic acids is 1. The molecule has 3 aromatic rings. The molecule has 2 N–H and O–H groups in total. The van der Waals surface area contributed by atoms with Crippen molar-refractivity contribution in [2.45, 2.75) is 11.8 Å². The molecule has 0 amide bonds. The molecule has 2 aromatic carbocycles. The van der Waals surface area contributed by atoms with Crippen LogP contribution in [0.1, 0.15) is 15.9 Å². The minimum Gasteiger partial charge on any atom is -0.478 e. The monoisotopic (exact) mass is 347 g/mol. The number of sulfonamides is 1. The number of fused-ring (bicyclic) bond motifs is 1. The molecule has 0 spiro atoms. The molecule has 0 aliphatic carbocycles. The maximum Gasteiger partial charge on any atom is 0.335 e. The Bertz CT molecular complexity index is 989. The summed E-state index contributed by atoms with van der Waals surface area (Å²) in [5, 5.41) is 10.4. The highest BCUT2D eigenvalue weighted by Crippen LogP contribution is 2.36. The fourth-order valence-electron chi connectivity index (χ4n) is 2.23. The molecule has 0 bridgehead atoms. The molecule has 23 heavy (non-hydrogen) atoms. The van der Waals surface area contributed by atoms with E-state index in [9.17, 15) is 13.2 Å². The molecule has 0 saturated heterocycles. The Morgan fingerprint density at radius 1 is 1.09 bits per heavy atom. The summed E-state index contributed by atoms with van der Waals surface area (Å²) in [5.41, 5.74) is 0.915. The highest BCUT2D eigenvalue weighted by molar-refractivity contribution is 7.93. The van der Waals surface area contributed by atoms with E-state index in [0.717, 1.165) is 15.6 Å². The number of aryl methyl sites for hydroxylation is 1. The van der Waals surface area contributed by atoms with Crippen molar-refractivity contribution >= 4 is 42.4 Å². The summed E-state index contributed by atoms with van der Waals surface area (Å²) < 4.78 is 28.5. The van der Waals surface area contributed by atoms with E-state index in [4.69, 9.17) is 5.11 Å². The molecule has 0 saturated carbocycles. The van der Waals surface area contributed by atoms with Crippen LogP contribution in [0.4, 0.5) is 5.00 Å². The third-order valence-corrected chi connectivity index (χ3v) is 6.17. The van der Waals surface area contributed by atoms with Crippen LogP contribution in [0.25, 0.3) is 10.1 Å². The summed E-state index contributed by atoms with van der Waals surface area (Å²) in [6.45, 7) is 1.87. The van der Waals surface area contributed by atoms with Gasteiger partial charge in [-0.15, -0.1) is 11.3 Å². The summed E-state index contributed by atoms with van der Waals surface area (Å²) in [6, 6.07) is 12.8. The summed E-state index contributed by atoms with van der Waals surface area (Å²) in [6.07, 6.45) is 0. The lowest BCUT2D eigenvalue weighted by Gasteiger charge is -2.07. The number of anilines is 1. The van der Waals surface area contributed by atoms with E-state index in [1.165, 1.54) is 35.6 Å².